The van der Waals surface area contributed by atoms with Gasteiger partial charge in [0.2, 0.25) is 11.8 Å². The molecular formula is C12H19N3O4. The number of carbonyl (C=O) groups is 3. The van der Waals surface area contributed by atoms with Gasteiger partial charge in [-0.1, -0.05) is 6.42 Å². The zero-order valence-electron chi connectivity index (χ0n) is 10.8. The number of carboxylic acid groups (broad SMARTS) is 1. The van der Waals surface area contributed by atoms with Crippen molar-refractivity contribution in [3.05, 3.63) is 0 Å². The average molecular weight is 269 g/mol. The number of aliphatic carboxylic acids is 1. The number of carbonyl (C=O) groups excluding carboxylic acids is 2. The molecule has 7 heteroatoms. The van der Waals surface area contributed by atoms with Gasteiger partial charge in [0.15, 0.2) is 0 Å². The van der Waals surface area contributed by atoms with Gasteiger partial charge in [-0.05, 0) is 19.4 Å². The average Bonchev–Trinajstić information content (AvgIpc) is 2.39. The first kappa shape index (κ1) is 13.8. The maximum atomic E-state index is 12.1. The highest BCUT2D eigenvalue weighted by atomic mass is 16.4. The maximum absolute atomic E-state index is 12.1. The lowest BCUT2D eigenvalue weighted by atomic mass is 10.0. The third-order valence-electron chi connectivity index (χ3n) is 3.63. The lowest BCUT2D eigenvalue weighted by Crippen LogP contribution is -2.54. The number of nitrogens with one attached hydrogen (secondary N) is 1. The highest BCUT2D eigenvalue weighted by Gasteiger charge is 2.31. The molecule has 0 aromatic heterocycles. The fourth-order valence-electron chi connectivity index (χ4n) is 2.59. The van der Waals surface area contributed by atoms with Crippen molar-refractivity contribution in [2.45, 2.75) is 25.3 Å². The summed E-state index contributed by atoms with van der Waals surface area (Å²) in [6.07, 6.45) is 2.38. The molecule has 0 aliphatic carbocycles. The third kappa shape index (κ3) is 3.44. The Morgan fingerprint density at radius 3 is 2.79 bits per heavy atom. The second-order valence-corrected chi connectivity index (χ2v) is 4.99. The van der Waals surface area contributed by atoms with Crippen LogP contribution in [-0.2, 0) is 14.4 Å². The van der Waals surface area contributed by atoms with Crippen LogP contribution in [0, 0.1) is 0 Å². The first-order chi connectivity index (χ1) is 9.08. The summed E-state index contributed by atoms with van der Waals surface area (Å²) in [6, 6.07) is -0.573. The van der Waals surface area contributed by atoms with Gasteiger partial charge in [0.1, 0.15) is 6.04 Å². The van der Waals surface area contributed by atoms with Crippen LogP contribution in [-0.4, -0.2) is 71.5 Å². The standard InChI is InChI=1S/C12H19N3O4/c16-10-7-15(6-4-13-10)11(17)8-14-5-2-1-3-9(14)12(18)19/h9H,1-8H2,(H,13,16)(H,18,19). The zero-order chi connectivity index (χ0) is 13.8. The van der Waals surface area contributed by atoms with Gasteiger partial charge in [0.05, 0.1) is 13.1 Å². The summed E-state index contributed by atoms with van der Waals surface area (Å²) in [7, 11) is 0. The molecule has 0 radical (unpaired) electrons. The first-order valence-electron chi connectivity index (χ1n) is 6.59. The van der Waals surface area contributed by atoms with Crippen LogP contribution in [0.25, 0.3) is 0 Å². The molecule has 2 rings (SSSR count). The third-order valence-corrected chi connectivity index (χ3v) is 3.63. The lowest BCUT2D eigenvalue weighted by Gasteiger charge is -2.34. The van der Waals surface area contributed by atoms with Gasteiger partial charge in [-0.2, -0.15) is 0 Å². The van der Waals surface area contributed by atoms with Crippen molar-refractivity contribution in [2.75, 3.05) is 32.7 Å². The minimum Gasteiger partial charge on any atom is -0.480 e. The smallest absolute Gasteiger partial charge is 0.320 e. The second kappa shape index (κ2) is 6.01. The Morgan fingerprint density at radius 2 is 2.11 bits per heavy atom. The molecule has 19 heavy (non-hydrogen) atoms. The van der Waals surface area contributed by atoms with Crippen molar-refractivity contribution in [2.24, 2.45) is 0 Å². The number of hydrogen-bond acceptors (Lipinski definition) is 4. The Hall–Kier alpha value is -1.63. The van der Waals surface area contributed by atoms with Crippen LogP contribution >= 0.6 is 0 Å². The molecule has 0 spiro atoms. The fraction of sp³-hybridized carbons (Fsp3) is 0.750. The molecule has 0 aromatic rings. The Kier molecular flexibility index (Phi) is 4.36. The van der Waals surface area contributed by atoms with Crippen LogP contribution in [0.15, 0.2) is 0 Å². The van der Waals surface area contributed by atoms with Crippen molar-refractivity contribution in [3.63, 3.8) is 0 Å². The minimum atomic E-state index is -0.871. The van der Waals surface area contributed by atoms with Crippen LogP contribution in [0.3, 0.4) is 0 Å². The lowest BCUT2D eigenvalue weighted by molar-refractivity contribution is -0.147. The molecule has 7 nitrogen and oxygen atoms in total. The first-order valence-corrected chi connectivity index (χ1v) is 6.59. The van der Waals surface area contributed by atoms with E-state index in [1.54, 1.807) is 4.90 Å². The molecule has 2 saturated heterocycles. The molecule has 2 heterocycles. The molecule has 0 bridgehead atoms. The van der Waals surface area contributed by atoms with Crippen LogP contribution in [0.4, 0.5) is 0 Å². The van der Waals surface area contributed by atoms with Gasteiger partial charge in [-0.3, -0.25) is 19.3 Å². The van der Waals surface area contributed by atoms with Gasteiger partial charge in [-0.15, -0.1) is 0 Å². The maximum Gasteiger partial charge on any atom is 0.320 e. The fourth-order valence-corrected chi connectivity index (χ4v) is 2.59. The Morgan fingerprint density at radius 1 is 1.32 bits per heavy atom. The predicted molar refractivity (Wildman–Crippen MR) is 66.4 cm³/mol. The summed E-state index contributed by atoms with van der Waals surface area (Å²) in [4.78, 5) is 37.7. The van der Waals surface area contributed by atoms with Gasteiger partial charge < -0.3 is 15.3 Å². The molecule has 1 unspecified atom stereocenters. The Balaban J connectivity index is 1.92. The van der Waals surface area contributed by atoms with Crippen molar-refractivity contribution >= 4 is 17.8 Å². The summed E-state index contributed by atoms with van der Waals surface area (Å²) >= 11 is 0. The van der Waals surface area contributed by atoms with Crippen molar-refractivity contribution < 1.29 is 19.5 Å². The van der Waals surface area contributed by atoms with Crippen LogP contribution in [0.1, 0.15) is 19.3 Å². The summed E-state index contributed by atoms with van der Waals surface area (Å²) in [5.41, 5.74) is 0. The normalized spacial score (nSPS) is 24.9. The summed E-state index contributed by atoms with van der Waals surface area (Å²) < 4.78 is 0. The van der Waals surface area contributed by atoms with Gasteiger partial charge in [-0.25, -0.2) is 0 Å². The quantitative estimate of drug-likeness (QED) is 0.677. The molecule has 0 aromatic carbocycles. The number of amides is 2. The molecule has 106 valence electrons. The van der Waals surface area contributed by atoms with E-state index < -0.39 is 12.0 Å². The highest BCUT2D eigenvalue weighted by Crippen LogP contribution is 2.17. The molecule has 0 saturated carbocycles. The van der Waals surface area contributed by atoms with Crippen LogP contribution in [0.5, 0.6) is 0 Å². The Labute approximate surface area is 111 Å². The monoisotopic (exact) mass is 269 g/mol. The molecule has 2 aliphatic rings. The summed E-state index contributed by atoms with van der Waals surface area (Å²) in [6.45, 7) is 1.75. The number of piperidine rings is 1. The van der Waals surface area contributed by atoms with E-state index in [1.165, 1.54) is 4.90 Å². The minimum absolute atomic E-state index is 0.0738. The SMILES string of the molecule is O=C1CN(C(=O)CN2CCCCC2C(=O)O)CCN1. The van der Waals surface area contributed by atoms with E-state index in [-0.39, 0.29) is 24.9 Å². The van der Waals surface area contributed by atoms with Crippen LogP contribution in [0.2, 0.25) is 0 Å². The molecule has 2 fully saturated rings. The van der Waals surface area contributed by atoms with Crippen molar-refractivity contribution in [1.82, 2.24) is 15.1 Å². The van der Waals surface area contributed by atoms with E-state index in [4.69, 9.17) is 5.11 Å². The largest absolute Gasteiger partial charge is 0.480 e. The molecule has 2 aliphatic heterocycles. The predicted octanol–water partition coefficient (Wildman–Crippen LogP) is -1.12. The number of rotatable bonds is 3. The van der Waals surface area contributed by atoms with E-state index in [0.717, 1.165) is 12.8 Å². The number of carboxylic acids is 1. The number of piperazine rings is 1. The summed E-state index contributed by atoms with van der Waals surface area (Å²) in [5, 5.41) is 11.8. The Bertz CT molecular complexity index is 385. The van der Waals surface area contributed by atoms with Gasteiger partial charge in [0, 0.05) is 13.1 Å². The second-order valence-electron chi connectivity index (χ2n) is 4.99. The van der Waals surface area contributed by atoms with E-state index in [1.807, 2.05) is 0 Å². The summed E-state index contributed by atoms with van der Waals surface area (Å²) in [5.74, 6) is -1.19. The molecule has 2 amide bonds. The van der Waals surface area contributed by atoms with E-state index in [9.17, 15) is 14.4 Å². The number of hydrogen-bond donors (Lipinski definition) is 2. The van der Waals surface area contributed by atoms with Crippen molar-refractivity contribution in [1.29, 1.82) is 0 Å². The van der Waals surface area contributed by atoms with Gasteiger partial charge in [0.25, 0.3) is 0 Å². The van der Waals surface area contributed by atoms with E-state index in [0.29, 0.717) is 26.1 Å². The molecule has 1 atom stereocenters. The van der Waals surface area contributed by atoms with E-state index in [2.05, 4.69) is 5.32 Å². The van der Waals surface area contributed by atoms with E-state index >= 15 is 0 Å². The topological polar surface area (TPSA) is 90.0 Å². The zero-order valence-corrected chi connectivity index (χ0v) is 10.8. The van der Waals surface area contributed by atoms with Crippen molar-refractivity contribution in [3.8, 4) is 0 Å². The molecule has 2 N–H and O–H groups in total. The number of likely N-dealkylation sites (tertiary alicyclic amines) is 1. The highest BCUT2D eigenvalue weighted by molar-refractivity contribution is 5.87. The van der Waals surface area contributed by atoms with Crippen LogP contribution < -0.4 is 5.32 Å². The van der Waals surface area contributed by atoms with Gasteiger partial charge >= 0.3 is 5.97 Å². The number of nitrogens with zero attached hydrogens (tertiary/aromatic N) is 2. The molecular weight excluding hydrogens is 250 g/mol.